The molecule has 0 bridgehead atoms. The van der Waals surface area contributed by atoms with Crippen molar-refractivity contribution in [2.75, 3.05) is 5.32 Å². The normalized spacial score (nSPS) is 10.8. The van der Waals surface area contributed by atoms with Gasteiger partial charge in [-0.3, -0.25) is 4.79 Å². The average molecular weight is 399 g/mol. The lowest BCUT2D eigenvalue weighted by molar-refractivity contribution is 0.102. The molecule has 0 unspecified atom stereocenters. The van der Waals surface area contributed by atoms with E-state index in [1.807, 2.05) is 59.2 Å². The lowest BCUT2D eigenvalue weighted by atomic mass is 10.1. The molecule has 1 amide bonds. The Morgan fingerprint density at radius 2 is 1.73 bits per heavy atom. The first-order valence-electron chi connectivity index (χ1n) is 9.61. The van der Waals surface area contributed by atoms with Crippen LogP contribution in [0.2, 0.25) is 0 Å². The largest absolute Gasteiger partial charge is 0.456 e. The lowest BCUT2D eigenvalue weighted by Crippen LogP contribution is -2.14. The molecule has 4 aromatic rings. The first-order valence-corrected chi connectivity index (χ1v) is 9.61. The Bertz CT molecular complexity index is 1140. The van der Waals surface area contributed by atoms with E-state index in [2.05, 4.69) is 34.3 Å². The molecule has 0 aliphatic heterocycles. The molecule has 150 valence electrons. The maximum Gasteiger partial charge on any atom is 0.274 e. The lowest BCUT2D eigenvalue weighted by Gasteiger charge is -2.14. The number of benzene rings is 2. The summed E-state index contributed by atoms with van der Waals surface area (Å²) in [5.74, 6) is 1.65. The molecule has 30 heavy (non-hydrogen) atoms. The number of nitrogens with zero attached hydrogens (tertiary/aromatic N) is 4. The monoisotopic (exact) mass is 399 g/mol. The molecule has 7 nitrogen and oxygen atoms in total. The smallest absolute Gasteiger partial charge is 0.274 e. The van der Waals surface area contributed by atoms with E-state index in [0.29, 0.717) is 23.0 Å². The van der Waals surface area contributed by atoms with Gasteiger partial charge in [0.25, 0.3) is 5.91 Å². The highest BCUT2D eigenvalue weighted by Crippen LogP contribution is 2.28. The molecule has 0 radical (unpaired) electrons. The molecule has 2 aromatic heterocycles. The number of nitrogens with one attached hydrogen (secondary N) is 1. The van der Waals surface area contributed by atoms with Crippen LogP contribution < -0.4 is 10.1 Å². The van der Waals surface area contributed by atoms with Crippen LogP contribution in [0.5, 0.6) is 11.5 Å². The SMILES string of the molecule is CC(C)n1cnnc1-c1ccccc1NC(=O)c1ccc(Oc2ccccc2)cn1. The van der Waals surface area contributed by atoms with Gasteiger partial charge in [0.1, 0.15) is 23.5 Å². The van der Waals surface area contributed by atoms with Gasteiger partial charge >= 0.3 is 0 Å². The molecule has 0 aliphatic carbocycles. The Morgan fingerprint density at radius 3 is 2.47 bits per heavy atom. The molecule has 0 aliphatic rings. The summed E-state index contributed by atoms with van der Waals surface area (Å²) in [4.78, 5) is 17.0. The van der Waals surface area contributed by atoms with Crippen LogP contribution in [0.3, 0.4) is 0 Å². The van der Waals surface area contributed by atoms with E-state index >= 15 is 0 Å². The number of carbonyl (C=O) groups excluding carboxylic acids is 1. The minimum atomic E-state index is -0.315. The van der Waals surface area contributed by atoms with E-state index in [-0.39, 0.29) is 17.6 Å². The molecule has 0 saturated heterocycles. The van der Waals surface area contributed by atoms with Crippen LogP contribution in [0, 0.1) is 0 Å². The average Bonchev–Trinajstić information content (AvgIpc) is 3.25. The molecule has 7 heteroatoms. The summed E-state index contributed by atoms with van der Waals surface area (Å²) in [6.45, 7) is 4.11. The van der Waals surface area contributed by atoms with Gasteiger partial charge in [0.05, 0.1) is 11.9 Å². The van der Waals surface area contributed by atoms with Crippen LogP contribution in [-0.2, 0) is 0 Å². The standard InChI is InChI=1S/C23H21N5O2/c1-16(2)28-15-25-27-22(28)19-10-6-7-11-20(19)26-23(29)21-13-12-18(14-24-21)30-17-8-4-3-5-9-17/h3-16H,1-2H3,(H,26,29). The third-order valence-corrected chi connectivity index (χ3v) is 4.49. The van der Waals surface area contributed by atoms with Gasteiger partial charge in [0.15, 0.2) is 5.82 Å². The van der Waals surface area contributed by atoms with Crippen molar-refractivity contribution in [3.05, 3.63) is 84.9 Å². The number of amides is 1. The first-order chi connectivity index (χ1) is 14.6. The van der Waals surface area contributed by atoms with Gasteiger partial charge in [-0.1, -0.05) is 30.3 Å². The zero-order valence-electron chi connectivity index (χ0n) is 16.7. The third-order valence-electron chi connectivity index (χ3n) is 4.49. The third kappa shape index (κ3) is 4.20. The van der Waals surface area contributed by atoms with Crippen molar-refractivity contribution in [1.29, 1.82) is 0 Å². The molecule has 2 aromatic carbocycles. The van der Waals surface area contributed by atoms with Gasteiger partial charge in [0, 0.05) is 11.6 Å². The summed E-state index contributed by atoms with van der Waals surface area (Å²) in [6.07, 6.45) is 3.22. The second-order valence-electron chi connectivity index (χ2n) is 6.95. The Labute approximate surface area is 174 Å². The predicted molar refractivity (Wildman–Crippen MR) is 115 cm³/mol. The van der Waals surface area contributed by atoms with Crippen molar-refractivity contribution in [3.8, 4) is 22.9 Å². The Kier molecular flexibility index (Phi) is 5.52. The first kappa shape index (κ1) is 19.3. The predicted octanol–water partition coefficient (Wildman–Crippen LogP) is 4.97. The van der Waals surface area contributed by atoms with E-state index in [0.717, 1.165) is 5.56 Å². The van der Waals surface area contributed by atoms with Crippen LogP contribution in [-0.4, -0.2) is 25.7 Å². The summed E-state index contributed by atoms with van der Waals surface area (Å²) in [6, 6.07) is 20.5. The summed E-state index contributed by atoms with van der Waals surface area (Å²) in [5, 5.41) is 11.2. The molecule has 0 atom stereocenters. The zero-order chi connectivity index (χ0) is 20.9. The number of hydrogen-bond acceptors (Lipinski definition) is 5. The number of aromatic nitrogens is 4. The van der Waals surface area contributed by atoms with Crippen LogP contribution in [0.15, 0.2) is 79.3 Å². The van der Waals surface area contributed by atoms with Crippen LogP contribution in [0.1, 0.15) is 30.4 Å². The Hall–Kier alpha value is -4.00. The van der Waals surface area contributed by atoms with E-state index in [4.69, 9.17) is 4.74 Å². The summed E-state index contributed by atoms with van der Waals surface area (Å²) in [5.41, 5.74) is 1.72. The van der Waals surface area contributed by atoms with Crippen molar-refractivity contribution >= 4 is 11.6 Å². The van der Waals surface area contributed by atoms with E-state index in [1.165, 1.54) is 6.20 Å². The summed E-state index contributed by atoms with van der Waals surface area (Å²) in [7, 11) is 0. The minimum Gasteiger partial charge on any atom is -0.456 e. The second kappa shape index (κ2) is 8.57. The number of pyridine rings is 1. The molecular formula is C23H21N5O2. The van der Waals surface area contributed by atoms with E-state index < -0.39 is 0 Å². The van der Waals surface area contributed by atoms with E-state index in [9.17, 15) is 4.79 Å². The highest BCUT2D eigenvalue weighted by molar-refractivity contribution is 6.04. The fourth-order valence-corrected chi connectivity index (χ4v) is 2.99. The van der Waals surface area contributed by atoms with Crippen molar-refractivity contribution in [1.82, 2.24) is 19.7 Å². The zero-order valence-corrected chi connectivity index (χ0v) is 16.7. The molecule has 0 spiro atoms. The highest BCUT2D eigenvalue weighted by atomic mass is 16.5. The molecule has 4 rings (SSSR count). The van der Waals surface area contributed by atoms with Crippen molar-refractivity contribution in [2.24, 2.45) is 0 Å². The minimum absolute atomic E-state index is 0.192. The van der Waals surface area contributed by atoms with Gasteiger partial charge in [-0.2, -0.15) is 0 Å². The Balaban J connectivity index is 1.53. The van der Waals surface area contributed by atoms with Crippen molar-refractivity contribution < 1.29 is 9.53 Å². The number of rotatable bonds is 6. The van der Waals surface area contributed by atoms with Gasteiger partial charge in [-0.05, 0) is 50.2 Å². The van der Waals surface area contributed by atoms with E-state index in [1.54, 1.807) is 18.5 Å². The topological polar surface area (TPSA) is 81.9 Å². The summed E-state index contributed by atoms with van der Waals surface area (Å²) >= 11 is 0. The van der Waals surface area contributed by atoms with Gasteiger partial charge in [-0.15, -0.1) is 10.2 Å². The fourth-order valence-electron chi connectivity index (χ4n) is 2.99. The number of anilines is 1. The number of carbonyl (C=O) groups is 1. The van der Waals surface area contributed by atoms with Crippen LogP contribution in [0.4, 0.5) is 5.69 Å². The van der Waals surface area contributed by atoms with Crippen LogP contribution in [0.25, 0.3) is 11.4 Å². The maximum absolute atomic E-state index is 12.8. The number of hydrogen-bond donors (Lipinski definition) is 1. The second-order valence-corrected chi connectivity index (χ2v) is 6.95. The number of para-hydroxylation sites is 2. The van der Waals surface area contributed by atoms with Crippen molar-refractivity contribution in [3.63, 3.8) is 0 Å². The Morgan fingerprint density at radius 1 is 0.967 bits per heavy atom. The molecule has 2 heterocycles. The van der Waals surface area contributed by atoms with Crippen molar-refractivity contribution in [2.45, 2.75) is 19.9 Å². The highest BCUT2D eigenvalue weighted by Gasteiger charge is 2.16. The molecular weight excluding hydrogens is 378 g/mol. The van der Waals surface area contributed by atoms with Gasteiger partial charge in [-0.25, -0.2) is 4.98 Å². The van der Waals surface area contributed by atoms with Gasteiger partial charge in [0.2, 0.25) is 0 Å². The quantitative estimate of drug-likeness (QED) is 0.495. The van der Waals surface area contributed by atoms with Gasteiger partial charge < -0.3 is 14.6 Å². The maximum atomic E-state index is 12.8. The van der Waals surface area contributed by atoms with Crippen LogP contribution >= 0.6 is 0 Å². The summed E-state index contributed by atoms with van der Waals surface area (Å²) < 4.78 is 7.68. The molecule has 0 saturated carbocycles. The molecule has 0 fully saturated rings. The number of ether oxygens (including phenoxy) is 1. The molecule has 1 N–H and O–H groups in total. The fraction of sp³-hybridized carbons (Fsp3) is 0.130.